The van der Waals surface area contributed by atoms with Crippen molar-refractivity contribution in [3.63, 3.8) is 0 Å². The van der Waals surface area contributed by atoms with Gasteiger partial charge in [0.2, 0.25) is 5.91 Å². The molecular formula is C58H71NO7Si3. The zero-order chi connectivity index (χ0) is 49.7. The summed E-state index contributed by atoms with van der Waals surface area (Å²) in [6.45, 7) is 22.9. The van der Waals surface area contributed by atoms with E-state index < -0.39 is 71.6 Å². The number of nitrogens with one attached hydrogen (secondary N) is 1. The Labute approximate surface area is 414 Å². The standard InChI is InChI=1S/C58H71NO7Si3/c1-43(60)59-52-54(65-68(57(6,7)8,47-34-22-14-23-35-47)48-36-24-15-25-37-48)53(64-55(52)66-69(58(9,10)11,49-38-26-16-27-39-49)50-40-28-17-29-41-50)51(63-44(2)61)42-62-67(56(3,4)5,45-30-18-12-19-31-45)46-32-20-13-21-33-46/h12-41,51-55H,42H2,1-11H3,(H,59,60)/t51-,52-,53-,54-,55+/m1/s1. The number of hydrogen-bond acceptors (Lipinski definition) is 7. The van der Waals surface area contributed by atoms with Gasteiger partial charge in [-0.1, -0.05) is 244 Å². The molecule has 0 bridgehead atoms. The van der Waals surface area contributed by atoms with Gasteiger partial charge in [0.15, 0.2) is 12.4 Å². The zero-order valence-electron chi connectivity index (χ0n) is 42.3. The lowest BCUT2D eigenvalue weighted by molar-refractivity contribution is -0.169. The fourth-order valence-corrected chi connectivity index (χ4v) is 24.6. The summed E-state index contributed by atoms with van der Waals surface area (Å²) >= 11 is 0. The average Bonchev–Trinajstić information content (AvgIpc) is 3.64. The van der Waals surface area contributed by atoms with Crippen molar-refractivity contribution in [1.29, 1.82) is 0 Å². The second-order valence-electron chi connectivity index (χ2n) is 21.3. The number of ether oxygens (including phenoxy) is 2. The molecule has 1 aliphatic rings. The molecule has 6 aromatic rings. The van der Waals surface area contributed by atoms with Gasteiger partial charge < -0.3 is 28.1 Å². The molecular weight excluding hydrogens is 907 g/mol. The fraction of sp³-hybridized carbons (Fsp3) is 0.345. The smallest absolute Gasteiger partial charge is 0.303 e. The van der Waals surface area contributed by atoms with Gasteiger partial charge >= 0.3 is 5.97 Å². The maximum atomic E-state index is 13.9. The Morgan fingerprint density at radius 1 is 0.493 bits per heavy atom. The number of benzene rings is 6. The van der Waals surface area contributed by atoms with E-state index in [1.54, 1.807) is 0 Å². The summed E-state index contributed by atoms with van der Waals surface area (Å²) < 4.78 is 37.7. The number of amides is 1. The molecule has 1 fully saturated rings. The lowest BCUT2D eigenvalue weighted by Gasteiger charge is -2.47. The molecule has 1 heterocycles. The van der Waals surface area contributed by atoms with Crippen LogP contribution in [0, 0.1) is 0 Å². The maximum absolute atomic E-state index is 13.9. The predicted molar refractivity (Wildman–Crippen MR) is 287 cm³/mol. The van der Waals surface area contributed by atoms with Crippen LogP contribution in [0.3, 0.4) is 0 Å². The van der Waals surface area contributed by atoms with E-state index >= 15 is 0 Å². The zero-order valence-corrected chi connectivity index (χ0v) is 45.3. The molecule has 0 aliphatic carbocycles. The number of carbonyl (C=O) groups is 2. The Bertz CT molecular complexity index is 2470. The van der Waals surface area contributed by atoms with Crippen LogP contribution in [0.2, 0.25) is 15.1 Å². The Balaban J connectivity index is 1.49. The highest BCUT2D eigenvalue weighted by Gasteiger charge is 2.62. The normalized spacial score (nSPS) is 18.6. The van der Waals surface area contributed by atoms with Crippen molar-refractivity contribution >= 4 is 67.9 Å². The van der Waals surface area contributed by atoms with E-state index in [-0.39, 0.29) is 17.6 Å². The minimum atomic E-state index is -3.43. The summed E-state index contributed by atoms with van der Waals surface area (Å²) in [6.07, 6.45) is -4.00. The van der Waals surface area contributed by atoms with E-state index in [0.29, 0.717) is 0 Å². The molecule has 7 rings (SSSR count). The van der Waals surface area contributed by atoms with E-state index in [1.807, 2.05) is 60.7 Å². The van der Waals surface area contributed by atoms with Crippen LogP contribution in [-0.2, 0) is 32.3 Å². The van der Waals surface area contributed by atoms with Crippen LogP contribution in [0.4, 0.5) is 0 Å². The number of hydrogen-bond donors (Lipinski definition) is 1. The first-order chi connectivity index (χ1) is 32.8. The van der Waals surface area contributed by atoms with Gasteiger partial charge in [0.05, 0.1) is 6.61 Å². The highest BCUT2D eigenvalue weighted by molar-refractivity contribution is 7.00. The topological polar surface area (TPSA) is 92.3 Å². The van der Waals surface area contributed by atoms with Gasteiger partial charge in [0, 0.05) is 13.8 Å². The monoisotopic (exact) mass is 977 g/mol. The molecule has 1 amide bonds. The summed E-state index contributed by atoms with van der Waals surface area (Å²) in [5, 5.41) is 8.40. The van der Waals surface area contributed by atoms with Crippen molar-refractivity contribution in [3.8, 4) is 0 Å². The molecule has 5 atom stereocenters. The van der Waals surface area contributed by atoms with Gasteiger partial charge in [-0.25, -0.2) is 0 Å². The second-order valence-corrected chi connectivity index (χ2v) is 34.2. The molecule has 8 nitrogen and oxygen atoms in total. The van der Waals surface area contributed by atoms with Crippen LogP contribution in [-0.4, -0.2) is 74.1 Å². The lowest BCUT2D eigenvalue weighted by Crippen LogP contribution is -2.71. The highest BCUT2D eigenvalue weighted by Crippen LogP contribution is 2.44. The van der Waals surface area contributed by atoms with E-state index in [2.05, 4.69) is 189 Å². The van der Waals surface area contributed by atoms with E-state index in [1.165, 1.54) is 13.8 Å². The molecule has 11 heteroatoms. The van der Waals surface area contributed by atoms with E-state index in [9.17, 15) is 9.59 Å². The first-order valence-electron chi connectivity index (χ1n) is 24.2. The van der Waals surface area contributed by atoms with Crippen molar-refractivity contribution in [2.45, 2.75) is 122 Å². The Kier molecular flexibility index (Phi) is 15.7. The molecule has 69 heavy (non-hydrogen) atoms. The van der Waals surface area contributed by atoms with E-state index in [0.717, 1.165) is 31.1 Å². The molecule has 0 aromatic heterocycles. The lowest BCUT2D eigenvalue weighted by atomic mass is 10.0. The Hall–Kier alpha value is -5.25. The first kappa shape index (κ1) is 51.6. The van der Waals surface area contributed by atoms with Crippen molar-refractivity contribution < 1.29 is 32.3 Å². The van der Waals surface area contributed by atoms with Crippen LogP contribution >= 0.6 is 0 Å². The first-order valence-corrected chi connectivity index (χ1v) is 29.9. The molecule has 1 N–H and O–H groups in total. The van der Waals surface area contributed by atoms with Gasteiger partial charge in [0.25, 0.3) is 25.0 Å². The molecule has 1 aliphatic heterocycles. The van der Waals surface area contributed by atoms with Crippen LogP contribution in [0.5, 0.6) is 0 Å². The van der Waals surface area contributed by atoms with Crippen LogP contribution < -0.4 is 36.4 Å². The fourth-order valence-electron chi connectivity index (χ4n) is 10.7. The van der Waals surface area contributed by atoms with Crippen LogP contribution in [0.15, 0.2) is 182 Å². The third-order valence-corrected chi connectivity index (χ3v) is 28.7. The van der Waals surface area contributed by atoms with Crippen molar-refractivity contribution in [2.24, 2.45) is 0 Å². The summed E-state index contributed by atoms with van der Waals surface area (Å²) in [6, 6.07) is 61.6. The minimum absolute atomic E-state index is 0.0309. The third-order valence-electron chi connectivity index (χ3n) is 13.6. The maximum Gasteiger partial charge on any atom is 0.303 e. The Morgan fingerprint density at radius 3 is 1.09 bits per heavy atom. The van der Waals surface area contributed by atoms with Crippen LogP contribution in [0.25, 0.3) is 0 Å². The average molecular weight is 978 g/mol. The summed E-state index contributed by atoms with van der Waals surface area (Å²) in [7, 11) is -10.0. The summed E-state index contributed by atoms with van der Waals surface area (Å²) in [5.74, 6) is -0.768. The molecule has 6 aromatic carbocycles. The molecule has 362 valence electrons. The second kappa shape index (κ2) is 21.0. The van der Waals surface area contributed by atoms with Crippen molar-refractivity contribution in [1.82, 2.24) is 5.32 Å². The SMILES string of the molecule is CC(=O)N[C@H]1[C@H](O[Si](c2ccccc2)(c2ccccc2)C(C)(C)C)O[C@H]([C@@H](CO[Si](c2ccccc2)(c2ccccc2)C(C)(C)C)OC(C)=O)[C@@H]1O[Si](c1ccccc1)(c1ccccc1)C(C)(C)C. The van der Waals surface area contributed by atoms with Gasteiger partial charge in [-0.2, -0.15) is 0 Å². The molecule has 0 saturated carbocycles. The third kappa shape index (κ3) is 10.3. The Morgan fingerprint density at radius 2 is 0.797 bits per heavy atom. The summed E-state index contributed by atoms with van der Waals surface area (Å²) in [5.41, 5.74) is 0. The highest BCUT2D eigenvalue weighted by atomic mass is 28.4. The van der Waals surface area contributed by atoms with Crippen molar-refractivity contribution in [2.75, 3.05) is 6.61 Å². The summed E-state index contributed by atoms with van der Waals surface area (Å²) in [4.78, 5) is 27.6. The number of esters is 1. The van der Waals surface area contributed by atoms with Gasteiger partial charge in [-0.3, -0.25) is 9.59 Å². The quantitative estimate of drug-likeness (QED) is 0.0772. The van der Waals surface area contributed by atoms with Crippen molar-refractivity contribution in [3.05, 3.63) is 182 Å². The minimum Gasteiger partial charge on any atom is -0.457 e. The van der Waals surface area contributed by atoms with Gasteiger partial charge in [-0.05, 0) is 46.2 Å². The van der Waals surface area contributed by atoms with Gasteiger partial charge in [0.1, 0.15) is 18.2 Å². The number of rotatable bonds is 16. The van der Waals surface area contributed by atoms with E-state index in [4.69, 9.17) is 22.8 Å². The number of carbonyl (C=O) groups excluding carboxylic acids is 2. The molecule has 1 saturated heterocycles. The largest absolute Gasteiger partial charge is 0.457 e. The van der Waals surface area contributed by atoms with Crippen LogP contribution in [0.1, 0.15) is 76.2 Å². The predicted octanol–water partition coefficient (Wildman–Crippen LogP) is 8.25. The molecule has 0 unspecified atom stereocenters. The molecule has 0 spiro atoms. The molecule has 0 radical (unpaired) electrons. The van der Waals surface area contributed by atoms with Gasteiger partial charge in [-0.15, -0.1) is 0 Å².